The van der Waals surface area contributed by atoms with Gasteiger partial charge >= 0.3 is 0 Å². The van der Waals surface area contributed by atoms with Crippen LogP contribution in [0.5, 0.6) is 0 Å². The lowest BCUT2D eigenvalue weighted by atomic mass is 9.72. The maximum atomic E-state index is 3.89. The largest absolute Gasteiger partial charge is 0.306 e. The summed E-state index contributed by atoms with van der Waals surface area (Å²) in [5.41, 5.74) is 2.04. The van der Waals surface area contributed by atoms with Gasteiger partial charge < -0.3 is 5.32 Å². The van der Waals surface area contributed by atoms with Gasteiger partial charge in [-0.2, -0.15) is 0 Å². The highest BCUT2D eigenvalue weighted by molar-refractivity contribution is 7.10. The molecule has 2 heteroatoms. The molecule has 1 aliphatic heterocycles. The van der Waals surface area contributed by atoms with Crippen LogP contribution in [0.3, 0.4) is 0 Å². The molecule has 3 atom stereocenters. The minimum Gasteiger partial charge on any atom is -0.306 e. The Kier molecular flexibility index (Phi) is 2.01. The summed E-state index contributed by atoms with van der Waals surface area (Å²) in [4.78, 5) is 1.69. The van der Waals surface area contributed by atoms with E-state index >= 15 is 0 Å². The molecule has 86 valence electrons. The maximum Gasteiger partial charge on any atom is 0.0536 e. The van der Waals surface area contributed by atoms with Crippen molar-refractivity contribution in [2.75, 3.05) is 6.54 Å². The lowest BCUT2D eigenvalue weighted by Crippen LogP contribution is -2.49. The molecule has 1 aromatic rings. The van der Waals surface area contributed by atoms with Gasteiger partial charge in [0.2, 0.25) is 0 Å². The molecule has 4 rings (SSSR count). The fourth-order valence-corrected chi connectivity index (χ4v) is 5.57. The Morgan fingerprint density at radius 1 is 1.25 bits per heavy atom. The minimum atomic E-state index is 0.395. The third-order valence-corrected chi connectivity index (χ3v) is 6.12. The number of hydrogen-bond acceptors (Lipinski definition) is 2. The van der Waals surface area contributed by atoms with Crippen molar-refractivity contribution >= 4 is 11.3 Å². The smallest absolute Gasteiger partial charge is 0.0536 e. The van der Waals surface area contributed by atoms with E-state index in [0.29, 0.717) is 5.54 Å². The van der Waals surface area contributed by atoms with Crippen LogP contribution in [0, 0.1) is 11.8 Å². The molecule has 2 aliphatic carbocycles. The first-order valence-electron chi connectivity index (χ1n) is 6.68. The van der Waals surface area contributed by atoms with Gasteiger partial charge in [-0.3, -0.25) is 0 Å². The average Bonchev–Trinajstić information content (AvgIpc) is 2.87. The molecule has 1 spiro atoms. The van der Waals surface area contributed by atoms with Gasteiger partial charge in [0.1, 0.15) is 0 Å². The third-order valence-electron chi connectivity index (χ3n) is 4.96. The normalized spacial score (nSPS) is 41.2. The average molecular weight is 233 g/mol. The maximum absolute atomic E-state index is 3.89. The van der Waals surface area contributed by atoms with Crippen LogP contribution in [-0.4, -0.2) is 6.54 Å². The van der Waals surface area contributed by atoms with Crippen LogP contribution in [0.1, 0.15) is 42.5 Å². The van der Waals surface area contributed by atoms with Crippen molar-refractivity contribution in [1.82, 2.24) is 5.32 Å². The number of thiophene rings is 1. The summed E-state index contributed by atoms with van der Waals surface area (Å²) in [6, 6.07) is 2.36. The van der Waals surface area contributed by atoms with Gasteiger partial charge in [0.25, 0.3) is 0 Å². The zero-order chi connectivity index (χ0) is 10.6. The lowest BCUT2D eigenvalue weighted by Gasteiger charge is -2.44. The fourth-order valence-electron chi connectivity index (χ4n) is 4.42. The van der Waals surface area contributed by atoms with Crippen molar-refractivity contribution in [3.63, 3.8) is 0 Å². The van der Waals surface area contributed by atoms with Crippen LogP contribution in [0.4, 0.5) is 0 Å². The summed E-state index contributed by atoms with van der Waals surface area (Å²) in [6.07, 6.45) is 8.58. The first kappa shape index (κ1) is 9.67. The van der Waals surface area contributed by atoms with Gasteiger partial charge in [0.05, 0.1) is 5.54 Å². The third kappa shape index (κ3) is 1.26. The first-order chi connectivity index (χ1) is 7.86. The van der Waals surface area contributed by atoms with Crippen molar-refractivity contribution in [1.29, 1.82) is 0 Å². The summed E-state index contributed by atoms with van der Waals surface area (Å²) < 4.78 is 0. The number of hydrogen-bond donors (Lipinski definition) is 1. The van der Waals surface area contributed by atoms with Crippen LogP contribution >= 0.6 is 11.3 Å². The highest BCUT2D eigenvalue weighted by Crippen LogP contribution is 2.53. The SMILES string of the molecule is c1cc2c(s1)C1(C[C@@H]3CC[C@@H](C3)C1)NCC2. The molecule has 1 N–H and O–H groups in total. The summed E-state index contributed by atoms with van der Waals surface area (Å²) in [6.45, 7) is 1.20. The second-order valence-corrected chi connectivity index (χ2v) is 6.90. The summed E-state index contributed by atoms with van der Waals surface area (Å²) >= 11 is 2.00. The van der Waals surface area contributed by atoms with Crippen LogP contribution < -0.4 is 5.32 Å². The Bertz CT molecular complexity index is 397. The lowest BCUT2D eigenvalue weighted by molar-refractivity contribution is 0.168. The minimum absolute atomic E-state index is 0.395. The van der Waals surface area contributed by atoms with E-state index in [-0.39, 0.29) is 0 Å². The van der Waals surface area contributed by atoms with Crippen LogP contribution in [-0.2, 0) is 12.0 Å². The molecule has 16 heavy (non-hydrogen) atoms. The zero-order valence-electron chi connectivity index (χ0n) is 9.67. The Hall–Kier alpha value is -0.340. The second kappa shape index (κ2) is 3.33. The van der Waals surface area contributed by atoms with E-state index in [1.807, 2.05) is 11.3 Å². The van der Waals surface area contributed by atoms with Crippen molar-refractivity contribution in [3.05, 3.63) is 21.9 Å². The van der Waals surface area contributed by atoms with Gasteiger partial charge in [0, 0.05) is 11.4 Å². The topological polar surface area (TPSA) is 12.0 Å². The van der Waals surface area contributed by atoms with E-state index in [2.05, 4.69) is 16.8 Å². The van der Waals surface area contributed by atoms with Crippen molar-refractivity contribution in [2.24, 2.45) is 11.8 Å². The molecule has 2 fully saturated rings. The van der Waals surface area contributed by atoms with Gasteiger partial charge in [-0.15, -0.1) is 11.3 Å². The highest BCUT2D eigenvalue weighted by Gasteiger charge is 2.47. The Morgan fingerprint density at radius 3 is 2.88 bits per heavy atom. The molecule has 3 aliphatic rings. The number of fused-ring (bicyclic) bond motifs is 4. The van der Waals surface area contributed by atoms with Crippen molar-refractivity contribution < 1.29 is 0 Å². The molecule has 0 radical (unpaired) electrons. The van der Waals surface area contributed by atoms with E-state index in [0.717, 1.165) is 11.8 Å². The second-order valence-electron chi connectivity index (χ2n) is 5.99. The van der Waals surface area contributed by atoms with E-state index in [1.165, 1.54) is 45.1 Å². The summed E-state index contributed by atoms with van der Waals surface area (Å²) in [5, 5.41) is 6.19. The molecular weight excluding hydrogens is 214 g/mol. The zero-order valence-corrected chi connectivity index (χ0v) is 10.5. The van der Waals surface area contributed by atoms with Gasteiger partial charge in [-0.1, -0.05) is 12.8 Å². The predicted molar refractivity (Wildman–Crippen MR) is 67.8 cm³/mol. The van der Waals surface area contributed by atoms with E-state index in [9.17, 15) is 0 Å². The van der Waals surface area contributed by atoms with Gasteiger partial charge in [-0.05, 0) is 54.5 Å². The van der Waals surface area contributed by atoms with Crippen LogP contribution in [0.2, 0.25) is 0 Å². The molecule has 1 unspecified atom stereocenters. The van der Waals surface area contributed by atoms with E-state index in [1.54, 1.807) is 10.4 Å². The molecule has 1 nitrogen and oxygen atoms in total. The van der Waals surface area contributed by atoms with Gasteiger partial charge in [-0.25, -0.2) is 0 Å². The van der Waals surface area contributed by atoms with Crippen LogP contribution in [0.15, 0.2) is 11.4 Å². The monoisotopic (exact) mass is 233 g/mol. The molecule has 2 saturated carbocycles. The summed E-state index contributed by atoms with van der Waals surface area (Å²) in [7, 11) is 0. The van der Waals surface area contributed by atoms with E-state index < -0.39 is 0 Å². The molecule has 0 aromatic carbocycles. The van der Waals surface area contributed by atoms with Gasteiger partial charge in [0.15, 0.2) is 0 Å². The predicted octanol–water partition coefficient (Wildman–Crippen LogP) is 3.30. The van der Waals surface area contributed by atoms with E-state index in [4.69, 9.17) is 0 Å². The first-order valence-corrected chi connectivity index (χ1v) is 7.56. The Balaban J connectivity index is 1.78. The molecule has 2 heterocycles. The fraction of sp³-hybridized carbons (Fsp3) is 0.714. The standard InChI is InChI=1S/C14H19NS/c1-2-11-7-10(1)8-14(9-11)13-12(3-5-15-14)4-6-16-13/h4,6,10-11,15H,1-3,5,7-9H2/t10-,11+,14?. The van der Waals surface area contributed by atoms with Crippen molar-refractivity contribution in [3.8, 4) is 0 Å². The van der Waals surface area contributed by atoms with Crippen LogP contribution in [0.25, 0.3) is 0 Å². The molecule has 1 aromatic heterocycles. The Morgan fingerprint density at radius 2 is 2.06 bits per heavy atom. The van der Waals surface area contributed by atoms with Crippen molar-refractivity contribution in [2.45, 2.75) is 44.1 Å². The molecule has 0 saturated heterocycles. The summed E-state index contributed by atoms with van der Waals surface area (Å²) in [5.74, 6) is 2.03. The molecule has 0 amide bonds. The number of rotatable bonds is 0. The molecule has 2 bridgehead atoms. The Labute approximate surface area is 101 Å². The molecular formula is C14H19NS. The quantitative estimate of drug-likeness (QED) is 0.725. The number of nitrogens with one attached hydrogen (secondary N) is 1. The highest BCUT2D eigenvalue weighted by atomic mass is 32.1.